The van der Waals surface area contributed by atoms with E-state index in [0.717, 1.165) is 11.5 Å². The summed E-state index contributed by atoms with van der Waals surface area (Å²) < 4.78 is 48.9. The first kappa shape index (κ1) is 16.4. The minimum atomic E-state index is -4.53. The van der Waals surface area contributed by atoms with E-state index in [1.165, 1.54) is 17.0 Å². The second-order valence-corrected chi connectivity index (χ2v) is 5.96. The third-order valence-corrected chi connectivity index (χ3v) is 4.07. The van der Waals surface area contributed by atoms with E-state index in [0.29, 0.717) is 5.58 Å². The number of ether oxygens (including phenoxy) is 1. The number of pyridine rings is 1. The number of aromatic nitrogens is 1. The van der Waals surface area contributed by atoms with Gasteiger partial charge in [-0.05, 0) is 18.2 Å². The molecule has 134 valence electrons. The summed E-state index contributed by atoms with van der Waals surface area (Å²) in [4.78, 5) is 17.4. The Hall–Kier alpha value is -3.03. The van der Waals surface area contributed by atoms with Crippen molar-refractivity contribution in [1.29, 1.82) is 0 Å². The van der Waals surface area contributed by atoms with Gasteiger partial charge in [-0.3, -0.25) is 4.79 Å². The number of benzene rings is 1. The number of hydrogen-bond acceptors (Lipinski definition) is 4. The molecular formula is C18H13F3N2O3. The Morgan fingerprint density at radius 2 is 1.92 bits per heavy atom. The van der Waals surface area contributed by atoms with Crippen LogP contribution in [0.25, 0.3) is 11.0 Å². The molecule has 1 aliphatic heterocycles. The molecule has 0 atom stereocenters. The Balaban J connectivity index is 1.39. The van der Waals surface area contributed by atoms with Gasteiger partial charge >= 0.3 is 6.18 Å². The van der Waals surface area contributed by atoms with Gasteiger partial charge in [0.15, 0.2) is 5.76 Å². The molecule has 2 aromatic heterocycles. The molecule has 0 spiro atoms. The zero-order valence-corrected chi connectivity index (χ0v) is 13.4. The molecule has 1 amide bonds. The van der Waals surface area contributed by atoms with Gasteiger partial charge in [0.25, 0.3) is 5.91 Å². The molecule has 3 aromatic rings. The van der Waals surface area contributed by atoms with Crippen LogP contribution in [0.2, 0.25) is 0 Å². The van der Waals surface area contributed by atoms with E-state index >= 15 is 0 Å². The van der Waals surface area contributed by atoms with Gasteiger partial charge in [0.05, 0.1) is 13.1 Å². The van der Waals surface area contributed by atoms with E-state index in [4.69, 9.17) is 9.15 Å². The van der Waals surface area contributed by atoms with Crippen molar-refractivity contribution in [3.8, 4) is 5.88 Å². The number of fused-ring (bicyclic) bond motifs is 1. The van der Waals surface area contributed by atoms with Gasteiger partial charge in [-0.2, -0.15) is 13.2 Å². The Labute approximate surface area is 146 Å². The molecule has 8 heteroatoms. The van der Waals surface area contributed by atoms with Crippen LogP contribution < -0.4 is 4.74 Å². The third-order valence-electron chi connectivity index (χ3n) is 4.07. The standard InChI is InChI=1S/C18H13F3N2O3/c19-18(20,21)15-6-3-7-16(22-15)25-12-9-23(10-12)17(24)14-8-11-4-1-2-5-13(11)26-14/h1-8,12H,9-10H2. The fourth-order valence-electron chi connectivity index (χ4n) is 2.73. The molecule has 4 rings (SSSR count). The molecule has 26 heavy (non-hydrogen) atoms. The molecule has 1 aliphatic rings. The Kier molecular flexibility index (Phi) is 3.82. The molecule has 0 radical (unpaired) electrons. The maximum Gasteiger partial charge on any atom is 0.433 e. The largest absolute Gasteiger partial charge is 0.471 e. The highest BCUT2D eigenvalue weighted by Gasteiger charge is 2.36. The van der Waals surface area contributed by atoms with Crippen LogP contribution in [0.15, 0.2) is 52.9 Å². The van der Waals surface area contributed by atoms with Crippen LogP contribution in [-0.2, 0) is 6.18 Å². The maximum atomic E-state index is 12.7. The zero-order valence-electron chi connectivity index (χ0n) is 13.4. The minimum absolute atomic E-state index is 0.110. The highest BCUT2D eigenvalue weighted by molar-refractivity contribution is 5.96. The Morgan fingerprint density at radius 3 is 2.65 bits per heavy atom. The lowest BCUT2D eigenvalue weighted by atomic mass is 10.1. The van der Waals surface area contributed by atoms with E-state index < -0.39 is 18.0 Å². The lowest BCUT2D eigenvalue weighted by molar-refractivity contribution is -0.141. The van der Waals surface area contributed by atoms with Crippen molar-refractivity contribution < 1.29 is 27.1 Å². The van der Waals surface area contributed by atoms with E-state index in [2.05, 4.69) is 4.98 Å². The van der Waals surface area contributed by atoms with Crippen molar-refractivity contribution in [2.24, 2.45) is 0 Å². The fourth-order valence-corrected chi connectivity index (χ4v) is 2.73. The average molecular weight is 362 g/mol. The molecule has 1 fully saturated rings. The van der Waals surface area contributed by atoms with Crippen LogP contribution in [0, 0.1) is 0 Å². The number of furan rings is 1. The molecular weight excluding hydrogens is 349 g/mol. The van der Waals surface area contributed by atoms with Crippen molar-refractivity contribution in [3.63, 3.8) is 0 Å². The van der Waals surface area contributed by atoms with Crippen molar-refractivity contribution >= 4 is 16.9 Å². The number of amides is 1. The van der Waals surface area contributed by atoms with E-state index in [-0.39, 0.29) is 30.6 Å². The molecule has 0 N–H and O–H groups in total. The SMILES string of the molecule is O=C(c1cc2ccccc2o1)N1CC(Oc2cccc(C(F)(F)F)n2)C1. The molecule has 0 aliphatic carbocycles. The number of hydrogen-bond donors (Lipinski definition) is 0. The Morgan fingerprint density at radius 1 is 1.15 bits per heavy atom. The molecule has 1 saturated heterocycles. The molecule has 0 unspecified atom stereocenters. The highest BCUT2D eigenvalue weighted by Crippen LogP contribution is 2.29. The van der Waals surface area contributed by atoms with E-state index in [1.807, 2.05) is 18.2 Å². The zero-order chi connectivity index (χ0) is 18.3. The average Bonchev–Trinajstić information content (AvgIpc) is 3.01. The number of para-hydroxylation sites is 1. The molecule has 5 nitrogen and oxygen atoms in total. The Bertz CT molecular complexity index is 928. The monoisotopic (exact) mass is 362 g/mol. The highest BCUT2D eigenvalue weighted by atomic mass is 19.4. The summed E-state index contributed by atoms with van der Waals surface area (Å²) in [5, 5.41) is 0.831. The summed E-state index contributed by atoms with van der Waals surface area (Å²) in [6.45, 7) is 0.515. The van der Waals surface area contributed by atoms with Crippen LogP contribution in [0.5, 0.6) is 5.88 Å². The summed E-state index contributed by atoms with van der Waals surface area (Å²) in [6, 6.07) is 12.4. The van der Waals surface area contributed by atoms with Crippen molar-refractivity contribution in [1.82, 2.24) is 9.88 Å². The molecule has 0 bridgehead atoms. The van der Waals surface area contributed by atoms with Gasteiger partial charge in [-0.25, -0.2) is 4.98 Å². The lowest BCUT2D eigenvalue weighted by Gasteiger charge is -2.38. The van der Waals surface area contributed by atoms with Gasteiger partial charge in [-0.15, -0.1) is 0 Å². The summed E-state index contributed by atoms with van der Waals surface area (Å²) in [5.41, 5.74) is -0.387. The van der Waals surface area contributed by atoms with Crippen LogP contribution in [0.3, 0.4) is 0 Å². The molecule has 3 heterocycles. The number of carbonyl (C=O) groups is 1. The summed E-state index contributed by atoms with van der Waals surface area (Å²) in [6.07, 6.45) is -4.93. The second-order valence-electron chi connectivity index (χ2n) is 5.96. The van der Waals surface area contributed by atoms with Gasteiger partial charge in [0, 0.05) is 11.5 Å². The van der Waals surface area contributed by atoms with Crippen LogP contribution in [-0.4, -0.2) is 35.0 Å². The van der Waals surface area contributed by atoms with E-state index in [1.54, 1.807) is 12.1 Å². The van der Waals surface area contributed by atoms with Crippen LogP contribution >= 0.6 is 0 Å². The summed E-state index contributed by atoms with van der Waals surface area (Å²) in [7, 11) is 0. The van der Waals surface area contributed by atoms with E-state index in [9.17, 15) is 18.0 Å². The summed E-state index contributed by atoms with van der Waals surface area (Å²) >= 11 is 0. The van der Waals surface area contributed by atoms with Crippen molar-refractivity contribution in [3.05, 3.63) is 60.0 Å². The number of carbonyl (C=O) groups excluding carboxylic acids is 1. The molecule has 1 aromatic carbocycles. The first-order valence-electron chi connectivity index (χ1n) is 7.89. The lowest BCUT2D eigenvalue weighted by Crippen LogP contribution is -2.56. The topological polar surface area (TPSA) is 55.6 Å². The van der Waals surface area contributed by atoms with Crippen molar-refractivity contribution in [2.75, 3.05) is 13.1 Å². The first-order chi connectivity index (χ1) is 12.4. The number of nitrogens with zero attached hydrogens (tertiary/aromatic N) is 2. The predicted octanol–water partition coefficient (Wildman–Crippen LogP) is 3.75. The quantitative estimate of drug-likeness (QED) is 0.712. The van der Waals surface area contributed by atoms with Gasteiger partial charge in [0.2, 0.25) is 5.88 Å². The minimum Gasteiger partial charge on any atom is -0.471 e. The number of rotatable bonds is 3. The number of likely N-dealkylation sites (tertiary alicyclic amines) is 1. The normalized spacial score (nSPS) is 15.1. The number of halogens is 3. The van der Waals surface area contributed by atoms with Crippen LogP contribution in [0.1, 0.15) is 16.2 Å². The predicted molar refractivity (Wildman–Crippen MR) is 85.8 cm³/mol. The summed E-state index contributed by atoms with van der Waals surface area (Å²) in [5.74, 6) is -0.166. The van der Waals surface area contributed by atoms with Gasteiger partial charge in [0.1, 0.15) is 17.4 Å². The van der Waals surface area contributed by atoms with Gasteiger partial charge < -0.3 is 14.1 Å². The number of alkyl halides is 3. The maximum absolute atomic E-state index is 12.7. The van der Waals surface area contributed by atoms with Crippen molar-refractivity contribution in [2.45, 2.75) is 12.3 Å². The fraction of sp³-hybridized carbons (Fsp3) is 0.222. The second kappa shape index (κ2) is 6.05. The smallest absolute Gasteiger partial charge is 0.433 e. The third kappa shape index (κ3) is 3.10. The van der Waals surface area contributed by atoms with Gasteiger partial charge in [-0.1, -0.05) is 24.3 Å². The first-order valence-corrected chi connectivity index (χ1v) is 7.89. The van der Waals surface area contributed by atoms with Crippen LogP contribution in [0.4, 0.5) is 13.2 Å². The molecule has 0 saturated carbocycles.